The van der Waals surface area contributed by atoms with Crippen molar-refractivity contribution in [3.8, 4) is 0 Å². The molecule has 1 heterocycles. The smallest absolute Gasteiger partial charge is 0.125 e. The molecular formula is C14H17NO2. The second-order valence-electron chi connectivity index (χ2n) is 4.77. The van der Waals surface area contributed by atoms with E-state index in [1.54, 1.807) is 0 Å². The Bertz CT molecular complexity index is 402. The summed E-state index contributed by atoms with van der Waals surface area (Å²) in [6, 6.07) is 10.3. The second kappa shape index (κ2) is 4.88. The van der Waals surface area contributed by atoms with Crippen LogP contribution in [0.3, 0.4) is 0 Å². The van der Waals surface area contributed by atoms with Crippen LogP contribution < -0.4 is 0 Å². The summed E-state index contributed by atoms with van der Waals surface area (Å²) in [7, 11) is 0. The van der Waals surface area contributed by atoms with Gasteiger partial charge in [-0.1, -0.05) is 35.5 Å². The lowest BCUT2D eigenvalue weighted by Crippen LogP contribution is -2.29. The molecule has 1 aliphatic heterocycles. The van der Waals surface area contributed by atoms with E-state index in [9.17, 15) is 0 Å². The van der Waals surface area contributed by atoms with Crippen molar-refractivity contribution in [3.63, 3.8) is 0 Å². The summed E-state index contributed by atoms with van der Waals surface area (Å²) in [5, 5.41) is 4.07. The van der Waals surface area contributed by atoms with Gasteiger partial charge in [0.1, 0.15) is 6.61 Å². The fraction of sp³-hybridized carbons (Fsp3) is 0.500. The van der Waals surface area contributed by atoms with E-state index in [1.807, 2.05) is 6.07 Å². The van der Waals surface area contributed by atoms with Gasteiger partial charge in [-0.3, -0.25) is 0 Å². The van der Waals surface area contributed by atoms with Gasteiger partial charge in [0.25, 0.3) is 0 Å². The van der Waals surface area contributed by atoms with Crippen molar-refractivity contribution in [1.82, 2.24) is 0 Å². The van der Waals surface area contributed by atoms with E-state index in [-0.39, 0.29) is 0 Å². The Kier molecular flexibility index (Phi) is 3.10. The standard InChI is InChI=1S/C14H17NO2/c1-2-4-11(5-3-1)9-16-13-6-7-14-12(8-13)10-17-15-14/h1-5,12-13H,6-10H2. The molecule has 0 amide bonds. The maximum Gasteiger partial charge on any atom is 0.125 e. The quantitative estimate of drug-likeness (QED) is 0.800. The average molecular weight is 231 g/mol. The zero-order chi connectivity index (χ0) is 11.5. The van der Waals surface area contributed by atoms with Crippen LogP contribution in [0.4, 0.5) is 0 Å². The fourth-order valence-corrected chi connectivity index (χ4v) is 2.52. The maximum atomic E-state index is 5.97. The second-order valence-corrected chi connectivity index (χ2v) is 4.77. The van der Waals surface area contributed by atoms with E-state index < -0.39 is 0 Å². The van der Waals surface area contributed by atoms with E-state index in [0.29, 0.717) is 18.6 Å². The van der Waals surface area contributed by atoms with E-state index >= 15 is 0 Å². The molecule has 3 nitrogen and oxygen atoms in total. The summed E-state index contributed by atoms with van der Waals surface area (Å²) in [4.78, 5) is 5.14. The van der Waals surface area contributed by atoms with E-state index in [2.05, 4.69) is 29.4 Å². The average Bonchev–Trinajstić information content (AvgIpc) is 2.85. The van der Waals surface area contributed by atoms with Crippen molar-refractivity contribution in [2.24, 2.45) is 11.1 Å². The van der Waals surface area contributed by atoms with Gasteiger partial charge >= 0.3 is 0 Å². The number of hydrogen-bond acceptors (Lipinski definition) is 3. The van der Waals surface area contributed by atoms with E-state index in [0.717, 1.165) is 25.9 Å². The van der Waals surface area contributed by atoms with Gasteiger partial charge in [0.05, 0.1) is 18.4 Å². The zero-order valence-corrected chi connectivity index (χ0v) is 9.84. The van der Waals surface area contributed by atoms with Crippen molar-refractivity contribution >= 4 is 5.71 Å². The highest BCUT2D eigenvalue weighted by Crippen LogP contribution is 2.28. The predicted octanol–water partition coefficient (Wildman–Crippen LogP) is 2.76. The number of ether oxygens (including phenoxy) is 1. The number of fused-ring (bicyclic) bond motifs is 1. The Morgan fingerprint density at radius 3 is 3.06 bits per heavy atom. The molecule has 2 unspecified atom stereocenters. The zero-order valence-electron chi connectivity index (χ0n) is 9.84. The molecule has 17 heavy (non-hydrogen) atoms. The third-order valence-electron chi connectivity index (χ3n) is 3.53. The molecule has 0 saturated heterocycles. The van der Waals surface area contributed by atoms with Crippen LogP contribution in [0.1, 0.15) is 24.8 Å². The molecule has 0 N–H and O–H groups in total. The molecule has 1 fully saturated rings. The van der Waals surface area contributed by atoms with Crippen LogP contribution >= 0.6 is 0 Å². The van der Waals surface area contributed by atoms with Crippen molar-refractivity contribution < 1.29 is 9.57 Å². The summed E-state index contributed by atoms with van der Waals surface area (Å²) in [6.45, 7) is 1.46. The number of benzene rings is 1. The van der Waals surface area contributed by atoms with Gasteiger partial charge in [0.15, 0.2) is 0 Å². The predicted molar refractivity (Wildman–Crippen MR) is 65.7 cm³/mol. The molecule has 3 heteroatoms. The molecule has 3 rings (SSSR count). The van der Waals surface area contributed by atoms with Crippen molar-refractivity contribution in [1.29, 1.82) is 0 Å². The van der Waals surface area contributed by atoms with Crippen LogP contribution in [0.25, 0.3) is 0 Å². The topological polar surface area (TPSA) is 30.8 Å². The molecule has 1 aromatic rings. The Labute approximate surface area is 101 Å². The highest BCUT2D eigenvalue weighted by molar-refractivity contribution is 5.88. The molecule has 0 bridgehead atoms. The highest BCUT2D eigenvalue weighted by Gasteiger charge is 2.31. The Hall–Kier alpha value is -1.35. The molecule has 1 aliphatic carbocycles. The van der Waals surface area contributed by atoms with Gasteiger partial charge in [0, 0.05) is 5.92 Å². The van der Waals surface area contributed by atoms with Crippen molar-refractivity contribution in [3.05, 3.63) is 35.9 Å². The van der Waals surface area contributed by atoms with Gasteiger partial charge in [-0.05, 0) is 24.8 Å². The molecule has 0 aromatic heterocycles. The van der Waals surface area contributed by atoms with Gasteiger partial charge in [-0.25, -0.2) is 0 Å². The molecule has 2 aliphatic rings. The van der Waals surface area contributed by atoms with Crippen LogP contribution in [-0.4, -0.2) is 18.4 Å². The van der Waals surface area contributed by atoms with Crippen LogP contribution in [-0.2, 0) is 16.2 Å². The minimum absolute atomic E-state index is 0.362. The van der Waals surface area contributed by atoms with Crippen LogP contribution in [0.15, 0.2) is 35.5 Å². The molecule has 1 aromatic carbocycles. The molecular weight excluding hydrogens is 214 g/mol. The van der Waals surface area contributed by atoms with E-state index in [1.165, 1.54) is 11.3 Å². The number of rotatable bonds is 3. The molecule has 0 radical (unpaired) electrons. The van der Waals surface area contributed by atoms with Crippen LogP contribution in [0.2, 0.25) is 0 Å². The Morgan fingerprint density at radius 1 is 1.29 bits per heavy atom. The third-order valence-corrected chi connectivity index (χ3v) is 3.53. The number of oxime groups is 1. The van der Waals surface area contributed by atoms with Crippen LogP contribution in [0, 0.1) is 5.92 Å². The number of hydrogen-bond donors (Lipinski definition) is 0. The Balaban J connectivity index is 1.52. The van der Waals surface area contributed by atoms with Gasteiger partial charge in [-0.2, -0.15) is 0 Å². The van der Waals surface area contributed by atoms with Gasteiger partial charge in [0.2, 0.25) is 0 Å². The lowest BCUT2D eigenvalue weighted by Gasteiger charge is -2.26. The SMILES string of the molecule is c1ccc(COC2CCC3=NOCC3C2)cc1. The lowest BCUT2D eigenvalue weighted by atomic mass is 9.86. The monoisotopic (exact) mass is 231 g/mol. The lowest BCUT2D eigenvalue weighted by molar-refractivity contribution is 0.0157. The fourth-order valence-electron chi connectivity index (χ4n) is 2.52. The summed E-state index contributed by atoms with van der Waals surface area (Å²) in [6.07, 6.45) is 3.53. The first-order valence-electron chi connectivity index (χ1n) is 6.26. The van der Waals surface area contributed by atoms with Gasteiger partial charge < -0.3 is 9.57 Å². The highest BCUT2D eigenvalue weighted by atomic mass is 16.6. The van der Waals surface area contributed by atoms with Crippen molar-refractivity contribution in [2.45, 2.75) is 32.0 Å². The largest absolute Gasteiger partial charge is 0.395 e. The summed E-state index contributed by atoms with van der Waals surface area (Å²) >= 11 is 0. The normalized spacial score (nSPS) is 27.2. The molecule has 90 valence electrons. The van der Waals surface area contributed by atoms with Crippen molar-refractivity contribution in [2.75, 3.05) is 6.61 Å². The molecule has 0 spiro atoms. The first-order chi connectivity index (χ1) is 8.42. The number of nitrogens with zero attached hydrogens (tertiary/aromatic N) is 1. The third kappa shape index (κ3) is 2.50. The van der Waals surface area contributed by atoms with E-state index in [4.69, 9.17) is 9.57 Å². The minimum atomic E-state index is 0.362. The first kappa shape index (κ1) is 10.8. The maximum absolute atomic E-state index is 5.97. The first-order valence-corrected chi connectivity index (χ1v) is 6.26. The summed E-state index contributed by atoms with van der Waals surface area (Å²) in [5.41, 5.74) is 2.49. The summed E-state index contributed by atoms with van der Waals surface area (Å²) in [5.74, 6) is 0.504. The van der Waals surface area contributed by atoms with Crippen LogP contribution in [0.5, 0.6) is 0 Å². The minimum Gasteiger partial charge on any atom is -0.395 e. The Morgan fingerprint density at radius 2 is 2.18 bits per heavy atom. The molecule has 1 saturated carbocycles. The summed E-state index contributed by atoms with van der Waals surface area (Å²) < 4.78 is 5.97. The molecule has 2 atom stereocenters. The van der Waals surface area contributed by atoms with Gasteiger partial charge in [-0.15, -0.1) is 0 Å².